The van der Waals surface area contributed by atoms with Gasteiger partial charge in [0.15, 0.2) is 0 Å². The first kappa shape index (κ1) is 12.8. The Morgan fingerprint density at radius 2 is 1.88 bits per heavy atom. The molecule has 0 spiro atoms. The van der Waals surface area contributed by atoms with Gasteiger partial charge in [0.25, 0.3) is 0 Å². The molecule has 4 nitrogen and oxygen atoms in total. The molecule has 90 valence electrons. The van der Waals surface area contributed by atoms with Gasteiger partial charge in [-0.05, 0) is 12.1 Å². The minimum Gasteiger partial charge on any atom is -0.489 e. The summed E-state index contributed by atoms with van der Waals surface area (Å²) in [5.74, 6) is 6.49. The van der Waals surface area contributed by atoms with Gasteiger partial charge in [-0.1, -0.05) is 25.3 Å². The Kier molecular flexibility index (Phi) is 5.37. The van der Waals surface area contributed by atoms with Crippen LogP contribution in [0.2, 0.25) is 0 Å². The summed E-state index contributed by atoms with van der Waals surface area (Å²) < 4.78 is 10.9. The van der Waals surface area contributed by atoms with Crippen LogP contribution in [0.5, 0.6) is 11.5 Å². The Bertz CT molecular complexity index is 414. The summed E-state index contributed by atoms with van der Waals surface area (Å²) in [6.45, 7) is 8.05. The third kappa shape index (κ3) is 4.03. The van der Waals surface area contributed by atoms with Gasteiger partial charge in [0.2, 0.25) is 0 Å². The largest absolute Gasteiger partial charge is 0.489 e. The minimum absolute atomic E-state index is 0.413. The number of nitrogens with two attached hydrogens (primary N) is 1. The van der Waals surface area contributed by atoms with E-state index in [-0.39, 0.29) is 0 Å². The molecule has 0 aromatic heterocycles. The number of ether oxygens (including phenoxy) is 2. The third-order valence-corrected chi connectivity index (χ3v) is 1.92. The Balaban J connectivity index is 2.91. The van der Waals surface area contributed by atoms with Gasteiger partial charge in [0.05, 0.1) is 6.21 Å². The second-order valence-corrected chi connectivity index (χ2v) is 3.18. The van der Waals surface area contributed by atoms with Crippen molar-refractivity contribution in [1.82, 2.24) is 0 Å². The van der Waals surface area contributed by atoms with Gasteiger partial charge in [-0.15, -0.1) is 0 Å². The number of nitrogens with zero attached hydrogens (tertiary/aromatic N) is 1. The van der Waals surface area contributed by atoms with Gasteiger partial charge >= 0.3 is 0 Å². The molecule has 0 amide bonds. The summed E-state index contributed by atoms with van der Waals surface area (Å²) in [7, 11) is 0. The summed E-state index contributed by atoms with van der Waals surface area (Å²) in [4.78, 5) is 0. The maximum atomic E-state index is 5.49. The molecule has 0 aliphatic carbocycles. The lowest BCUT2D eigenvalue weighted by Crippen LogP contribution is -2.00. The van der Waals surface area contributed by atoms with Crippen LogP contribution in [0.25, 0.3) is 0 Å². The Morgan fingerprint density at radius 3 is 2.53 bits per heavy atom. The first-order valence-electron chi connectivity index (χ1n) is 5.16. The summed E-state index contributed by atoms with van der Waals surface area (Å²) >= 11 is 0. The summed E-state index contributed by atoms with van der Waals surface area (Å²) in [6, 6.07) is 5.43. The molecule has 0 fully saturated rings. The van der Waals surface area contributed by atoms with Crippen molar-refractivity contribution >= 4 is 6.21 Å². The van der Waals surface area contributed by atoms with Crippen LogP contribution in [-0.2, 0) is 0 Å². The Morgan fingerprint density at radius 1 is 1.18 bits per heavy atom. The molecule has 0 bridgehead atoms. The molecule has 4 heteroatoms. The average Bonchev–Trinajstić information content (AvgIpc) is 2.36. The summed E-state index contributed by atoms with van der Waals surface area (Å²) in [6.07, 6.45) is 4.87. The zero-order valence-corrected chi connectivity index (χ0v) is 9.63. The minimum atomic E-state index is 0.413. The van der Waals surface area contributed by atoms with Crippen LogP contribution in [0.3, 0.4) is 0 Å². The number of hydrogen-bond acceptors (Lipinski definition) is 4. The average molecular weight is 232 g/mol. The lowest BCUT2D eigenvalue weighted by atomic mass is 10.2. The smallest absolute Gasteiger partial charge is 0.132 e. The number of hydrazone groups is 1. The van der Waals surface area contributed by atoms with E-state index in [9.17, 15) is 0 Å². The van der Waals surface area contributed by atoms with Gasteiger partial charge in [-0.3, -0.25) is 0 Å². The highest BCUT2D eigenvalue weighted by Crippen LogP contribution is 2.24. The van der Waals surface area contributed by atoms with E-state index in [1.54, 1.807) is 18.2 Å². The van der Waals surface area contributed by atoms with E-state index >= 15 is 0 Å². The van der Waals surface area contributed by atoms with E-state index in [1.807, 2.05) is 12.1 Å². The van der Waals surface area contributed by atoms with Crippen molar-refractivity contribution < 1.29 is 9.47 Å². The molecule has 2 N–H and O–H groups in total. The fourth-order valence-corrected chi connectivity index (χ4v) is 1.22. The maximum Gasteiger partial charge on any atom is 0.132 e. The van der Waals surface area contributed by atoms with Crippen molar-refractivity contribution in [3.63, 3.8) is 0 Å². The standard InChI is InChI=1S/C13H16N2O2/c1-3-7-16-12-6-5-11(10-15-14)13(9-12)17-8-4-2/h3-6,9-10H,1-2,7-8,14H2. The second-order valence-electron chi connectivity index (χ2n) is 3.18. The van der Waals surface area contributed by atoms with Crippen LogP contribution >= 0.6 is 0 Å². The van der Waals surface area contributed by atoms with E-state index in [4.69, 9.17) is 15.3 Å². The molecule has 0 saturated carbocycles. The van der Waals surface area contributed by atoms with Crippen molar-refractivity contribution in [2.75, 3.05) is 13.2 Å². The zero-order valence-electron chi connectivity index (χ0n) is 9.63. The van der Waals surface area contributed by atoms with Gasteiger partial charge in [0, 0.05) is 11.6 Å². The van der Waals surface area contributed by atoms with Crippen LogP contribution in [-0.4, -0.2) is 19.4 Å². The molecule has 1 aromatic rings. The highest BCUT2D eigenvalue weighted by Gasteiger charge is 2.03. The molecule has 0 atom stereocenters. The van der Waals surface area contributed by atoms with Gasteiger partial charge < -0.3 is 15.3 Å². The maximum absolute atomic E-state index is 5.49. The lowest BCUT2D eigenvalue weighted by molar-refractivity contribution is 0.344. The molecule has 1 aromatic carbocycles. The molecule has 0 radical (unpaired) electrons. The van der Waals surface area contributed by atoms with Gasteiger partial charge in [-0.25, -0.2) is 0 Å². The van der Waals surface area contributed by atoms with E-state index in [0.29, 0.717) is 24.7 Å². The van der Waals surface area contributed by atoms with Crippen LogP contribution in [0.4, 0.5) is 0 Å². The van der Waals surface area contributed by atoms with E-state index in [1.165, 1.54) is 6.21 Å². The topological polar surface area (TPSA) is 56.8 Å². The number of benzene rings is 1. The van der Waals surface area contributed by atoms with Gasteiger partial charge in [0.1, 0.15) is 24.7 Å². The molecule has 0 heterocycles. The van der Waals surface area contributed by atoms with Crippen LogP contribution in [0.1, 0.15) is 5.56 Å². The predicted octanol–water partition coefficient (Wildman–Crippen LogP) is 2.11. The fourth-order valence-electron chi connectivity index (χ4n) is 1.22. The van der Waals surface area contributed by atoms with Crippen molar-refractivity contribution in [1.29, 1.82) is 0 Å². The lowest BCUT2D eigenvalue weighted by Gasteiger charge is -2.09. The van der Waals surface area contributed by atoms with Crippen LogP contribution < -0.4 is 15.3 Å². The quantitative estimate of drug-likeness (QED) is 0.339. The monoisotopic (exact) mass is 232 g/mol. The van der Waals surface area contributed by atoms with E-state index in [0.717, 1.165) is 5.56 Å². The molecular weight excluding hydrogens is 216 g/mol. The molecule has 0 aliphatic heterocycles. The van der Waals surface area contributed by atoms with Crippen molar-refractivity contribution in [2.45, 2.75) is 0 Å². The SMILES string of the molecule is C=CCOc1ccc(C=NN)c(OCC=C)c1. The molecule has 0 aliphatic rings. The summed E-state index contributed by atoms with van der Waals surface area (Å²) in [5.41, 5.74) is 0.792. The molecule has 0 saturated heterocycles. The molecule has 17 heavy (non-hydrogen) atoms. The Hall–Kier alpha value is -2.23. The van der Waals surface area contributed by atoms with Crippen LogP contribution in [0.15, 0.2) is 48.6 Å². The fraction of sp³-hybridized carbons (Fsp3) is 0.154. The van der Waals surface area contributed by atoms with Crippen LogP contribution in [0, 0.1) is 0 Å². The van der Waals surface area contributed by atoms with Crippen molar-refractivity contribution in [2.24, 2.45) is 10.9 Å². The molecule has 1 rings (SSSR count). The zero-order chi connectivity index (χ0) is 12.5. The van der Waals surface area contributed by atoms with Crippen molar-refractivity contribution in [3.8, 4) is 11.5 Å². The highest BCUT2D eigenvalue weighted by molar-refractivity contribution is 5.83. The highest BCUT2D eigenvalue weighted by atomic mass is 16.5. The molecular formula is C13H16N2O2. The number of rotatable bonds is 7. The van der Waals surface area contributed by atoms with E-state index in [2.05, 4.69) is 18.3 Å². The normalized spacial score (nSPS) is 10.1. The van der Waals surface area contributed by atoms with Crippen molar-refractivity contribution in [3.05, 3.63) is 49.1 Å². The third-order valence-electron chi connectivity index (χ3n) is 1.92. The first-order chi connectivity index (χ1) is 8.31. The second kappa shape index (κ2) is 7.11. The number of hydrogen-bond donors (Lipinski definition) is 1. The summed E-state index contributed by atoms with van der Waals surface area (Å²) in [5, 5.41) is 3.48. The predicted molar refractivity (Wildman–Crippen MR) is 69.6 cm³/mol. The van der Waals surface area contributed by atoms with Gasteiger partial charge in [-0.2, -0.15) is 5.10 Å². The first-order valence-corrected chi connectivity index (χ1v) is 5.16. The molecule has 0 unspecified atom stereocenters. The Labute approximate surface area is 101 Å². The van der Waals surface area contributed by atoms with E-state index < -0.39 is 0 Å².